The number of rotatable bonds is 3. The van der Waals surface area contributed by atoms with E-state index in [1.807, 2.05) is 26.1 Å². The number of hydrogen-bond donors (Lipinski definition) is 1. The van der Waals surface area contributed by atoms with Crippen molar-refractivity contribution < 1.29 is 4.39 Å². The molecule has 0 bridgehead atoms. The van der Waals surface area contributed by atoms with Gasteiger partial charge >= 0.3 is 0 Å². The molecule has 0 saturated carbocycles. The molecule has 0 aromatic heterocycles. The van der Waals surface area contributed by atoms with Gasteiger partial charge in [0.05, 0.1) is 6.04 Å². The summed E-state index contributed by atoms with van der Waals surface area (Å²) in [5.74, 6) is -0.191. The van der Waals surface area contributed by atoms with E-state index in [1.165, 1.54) is 20.8 Å². The number of halogens is 2. The van der Waals surface area contributed by atoms with Crippen LogP contribution in [-0.2, 0) is 0 Å². The molecule has 1 atom stereocenters. The Hall–Kier alpha value is -0.940. The van der Waals surface area contributed by atoms with Crippen LogP contribution in [0.4, 0.5) is 4.39 Å². The maximum Gasteiger partial charge on any atom is 0.123 e. The van der Waals surface area contributed by atoms with Gasteiger partial charge in [-0.3, -0.25) is 0 Å². The van der Waals surface area contributed by atoms with Gasteiger partial charge in [0.25, 0.3) is 0 Å². The van der Waals surface area contributed by atoms with Gasteiger partial charge < -0.3 is 5.32 Å². The third-order valence-corrected chi connectivity index (χ3v) is 4.85. The van der Waals surface area contributed by atoms with Gasteiger partial charge in [-0.05, 0) is 77.9 Å². The summed E-state index contributed by atoms with van der Waals surface area (Å²) in [5, 5.41) is 3.30. The minimum absolute atomic E-state index is 0.0162. The zero-order valence-corrected chi connectivity index (χ0v) is 13.5. The van der Waals surface area contributed by atoms with Gasteiger partial charge in [-0.25, -0.2) is 4.39 Å². The van der Waals surface area contributed by atoms with Gasteiger partial charge in [0.15, 0.2) is 0 Å². The van der Waals surface area contributed by atoms with Crippen molar-refractivity contribution >= 4 is 22.6 Å². The molecular weight excluding hydrogens is 352 g/mol. The van der Waals surface area contributed by atoms with Crippen LogP contribution < -0.4 is 5.32 Å². The average molecular weight is 369 g/mol. The SMILES string of the molecule is CNC(c1cc(F)ccc1C)c1cccc(C)c1I. The first kappa shape index (κ1) is 14.5. The van der Waals surface area contributed by atoms with E-state index in [1.54, 1.807) is 6.07 Å². The lowest BCUT2D eigenvalue weighted by atomic mass is 9.94. The summed E-state index contributed by atoms with van der Waals surface area (Å²) < 4.78 is 14.7. The van der Waals surface area contributed by atoms with Gasteiger partial charge in [0.2, 0.25) is 0 Å². The molecule has 1 unspecified atom stereocenters. The molecule has 0 radical (unpaired) electrons. The van der Waals surface area contributed by atoms with Crippen molar-refractivity contribution in [1.82, 2.24) is 5.32 Å². The topological polar surface area (TPSA) is 12.0 Å². The lowest BCUT2D eigenvalue weighted by Gasteiger charge is -2.21. The van der Waals surface area contributed by atoms with Crippen molar-refractivity contribution in [2.75, 3.05) is 7.05 Å². The predicted molar refractivity (Wildman–Crippen MR) is 85.9 cm³/mol. The van der Waals surface area contributed by atoms with Crippen molar-refractivity contribution in [1.29, 1.82) is 0 Å². The van der Waals surface area contributed by atoms with Crippen molar-refractivity contribution in [2.24, 2.45) is 0 Å². The molecule has 100 valence electrons. The van der Waals surface area contributed by atoms with E-state index in [0.717, 1.165) is 11.1 Å². The Bertz CT molecular complexity index is 593. The normalized spacial score (nSPS) is 12.5. The van der Waals surface area contributed by atoms with E-state index in [9.17, 15) is 4.39 Å². The molecule has 3 heteroatoms. The molecule has 0 aliphatic rings. The highest BCUT2D eigenvalue weighted by Gasteiger charge is 2.18. The maximum absolute atomic E-state index is 13.5. The third-order valence-electron chi connectivity index (χ3n) is 3.37. The molecule has 19 heavy (non-hydrogen) atoms. The second-order valence-corrected chi connectivity index (χ2v) is 5.78. The van der Waals surface area contributed by atoms with Crippen molar-refractivity contribution in [3.05, 3.63) is 68.0 Å². The Morgan fingerprint density at radius 3 is 2.47 bits per heavy atom. The average Bonchev–Trinajstić information content (AvgIpc) is 2.39. The predicted octanol–water partition coefficient (Wildman–Crippen LogP) is 4.36. The van der Waals surface area contributed by atoms with E-state index in [-0.39, 0.29) is 11.9 Å². The van der Waals surface area contributed by atoms with Crippen LogP contribution in [0.3, 0.4) is 0 Å². The van der Waals surface area contributed by atoms with E-state index >= 15 is 0 Å². The molecule has 0 fully saturated rings. The molecule has 1 nitrogen and oxygen atoms in total. The largest absolute Gasteiger partial charge is 0.309 e. The van der Waals surface area contributed by atoms with Gasteiger partial charge in [-0.15, -0.1) is 0 Å². The number of aryl methyl sites for hydroxylation is 2. The van der Waals surface area contributed by atoms with Crippen molar-refractivity contribution in [2.45, 2.75) is 19.9 Å². The van der Waals surface area contributed by atoms with E-state index in [0.29, 0.717) is 0 Å². The Morgan fingerprint density at radius 1 is 1.05 bits per heavy atom. The summed E-state index contributed by atoms with van der Waals surface area (Å²) >= 11 is 2.36. The van der Waals surface area contributed by atoms with E-state index < -0.39 is 0 Å². The number of nitrogens with one attached hydrogen (secondary N) is 1. The van der Waals surface area contributed by atoms with Crippen LogP contribution in [0.2, 0.25) is 0 Å². The molecule has 0 spiro atoms. The maximum atomic E-state index is 13.5. The second-order valence-electron chi connectivity index (χ2n) is 4.70. The lowest BCUT2D eigenvalue weighted by molar-refractivity contribution is 0.614. The van der Waals surface area contributed by atoms with Gasteiger partial charge in [-0.1, -0.05) is 24.3 Å². The summed E-state index contributed by atoms with van der Waals surface area (Å²) in [5.41, 5.74) is 4.52. The monoisotopic (exact) mass is 369 g/mol. The fraction of sp³-hybridized carbons (Fsp3) is 0.250. The first-order valence-electron chi connectivity index (χ1n) is 6.23. The fourth-order valence-corrected chi connectivity index (χ4v) is 2.96. The van der Waals surface area contributed by atoms with Gasteiger partial charge in [0, 0.05) is 3.57 Å². The summed E-state index contributed by atoms with van der Waals surface area (Å²) in [4.78, 5) is 0. The molecule has 2 rings (SSSR count). The number of benzene rings is 2. The van der Waals surface area contributed by atoms with Gasteiger partial charge in [0.1, 0.15) is 5.82 Å². The Labute approximate surface area is 127 Å². The van der Waals surface area contributed by atoms with Crippen LogP contribution in [0.5, 0.6) is 0 Å². The lowest BCUT2D eigenvalue weighted by Crippen LogP contribution is -2.20. The van der Waals surface area contributed by atoms with E-state index in [4.69, 9.17) is 0 Å². The summed E-state index contributed by atoms with van der Waals surface area (Å²) in [6, 6.07) is 11.2. The molecule has 0 heterocycles. The first-order valence-corrected chi connectivity index (χ1v) is 7.30. The molecule has 2 aromatic carbocycles. The minimum atomic E-state index is -0.191. The quantitative estimate of drug-likeness (QED) is 0.793. The third kappa shape index (κ3) is 2.98. The van der Waals surface area contributed by atoms with Crippen LogP contribution in [0.25, 0.3) is 0 Å². The van der Waals surface area contributed by atoms with E-state index in [2.05, 4.69) is 47.0 Å². The standard InChI is InChI=1S/C16H17FIN/c1-10-7-8-12(17)9-14(10)16(19-3)13-6-4-5-11(2)15(13)18/h4-9,16,19H,1-3H3. The Kier molecular flexibility index (Phi) is 4.58. The van der Waals surface area contributed by atoms with Crippen LogP contribution >= 0.6 is 22.6 Å². The first-order chi connectivity index (χ1) is 9.04. The molecule has 0 aliphatic heterocycles. The minimum Gasteiger partial charge on any atom is -0.309 e. The van der Waals surface area contributed by atoms with Crippen LogP contribution in [0.1, 0.15) is 28.3 Å². The summed E-state index contributed by atoms with van der Waals surface area (Å²) in [7, 11) is 1.91. The zero-order chi connectivity index (χ0) is 14.0. The van der Waals surface area contributed by atoms with Gasteiger partial charge in [-0.2, -0.15) is 0 Å². The van der Waals surface area contributed by atoms with Crippen molar-refractivity contribution in [3.8, 4) is 0 Å². The molecule has 0 aliphatic carbocycles. The zero-order valence-electron chi connectivity index (χ0n) is 11.3. The summed E-state index contributed by atoms with van der Waals surface area (Å²) in [6.45, 7) is 4.11. The van der Waals surface area contributed by atoms with Crippen LogP contribution in [0.15, 0.2) is 36.4 Å². The van der Waals surface area contributed by atoms with Crippen LogP contribution in [-0.4, -0.2) is 7.05 Å². The molecule has 0 amide bonds. The number of hydrogen-bond acceptors (Lipinski definition) is 1. The van der Waals surface area contributed by atoms with Crippen molar-refractivity contribution in [3.63, 3.8) is 0 Å². The molecular formula is C16H17FIN. The summed E-state index contributed by atoms with van der Waals surface area (Å²) in [6.07, 6.45) is 0. The Balaban J connectivity index is 2.56. The fourth-order valence-electron chi connectivity index (χ4n) is 2.29. The van der Waals surface area contributed by atoms with Crippen LogP contribution in [0, 0.1) is 23.2 Å². The molecule has 2 aromatic rings. The highest BCUT2D eigenvalue weighted by molar-refractivity contribution is 14.1. The highest BCUT2D eigenvalue weighted by atomic mass is 127. The Morgan fingerprint density at radius 2 is 1.79 bits per heavy atom. The molecule has 1 N–H and O–H groups in total. The highest BCUT2D eigenvalue weighted by Crippen LogP contribution is 2.30. The smallest absolute Gasteiger partial charge is 0.123 e. The molecule has 0 saturated heterocycles. The second kappa shape index (κ2) is 6.01.